The fourth-order valence-corrected chi connectivity index (χ4v) is 3.32. The maximum Gasteiger partial charge on any atom is 0.446 e. The molecule has 2 aromatic rings. The molecule has 1 heterocycles. The average Bonchev–Trinajstić information content (AvgIpc) is 3.03. The second-order valence-corrected chi connectivity index (χ2v) is 6.95. The lowest BCUT2D eigenvalue weighted by molar-refractivity contribution is -0.0328. The first kappa shape index (κ1) is 17.8. The van der Waals surface area contributed by atoms with E-state index in [1.165, 1.54) is 30.7 Å². The minimum absolute atomic E-state index is 0.000633. The first-order chi connectivity index (χ1) is 11.9. The van der Waals surface area contributed by atoms with Gasteiger partial charge >= 0.3 is 11.5 Å². The molecule has 134 valence electrons. The number of halogens is 3. The van der Waals surface area contributed by atoms with Crippen molar-refractivity contribution in [1.82, 2.24) is 10.2 Å². The number of thioether (sulfide) groups is 1. The summed E-state index contributed by atoms with van der Waals surface area (Å²) in [6, 6.07) is 5.13. The maximum atomic E-state index is 12.3. The number of anilines is 1. The van der Waals surface area contributed by atoms with E-state index in [0.29, 0.717) is 5.89 Å². The molecule has 1 aromatic carbocycles. The van der Waals surface area contributed by atoms with Crippen LogP contribution in [0.5, 0.6) is 0 Å². The van der Waals surface area contributed by atoms with Crippen LogP contribution in [0.3, 0.4) is 0 Å². The van der Waals surface area contributed by atoms with Gasteiger partial charge in [0.1, 0.15) is 0 Å². The fourth-order valence-electron chi connectivity index (χ4n) is 2.78. The van der Waals surface area contributed by atoms with Crippen LogP contribution in [0.4, 0.5) is 19.2 Å². The third-order valence-electron chi connectivity index (χ3n) is 3.97. The normalized spacial score (nSPS) is 16.0. The summed E-state index contributed by atoms with van der Waals surface area (Å²) in [6.07, 6.45) is 5.44. The quantitative estimate of drug-likeness (QED) is 0.768. The van der Waals surface area contributed by atoms with Crippen molar-refractivity contribution in [3.63, 3.8) is 0 Å². The Morgan fingerprint density at radius 2 is 1.80 bits per heavy atom. The van der Waals surface area contributed by atoms with E-state index in [0.717, 1.165) is 25.7 Å². The van der Waals surface area contributed by atoms with Gasteiger partial charge in [0, 0.05) is 16.4 Å². The highest BCUT2D eigenvalue weighted by Gasteiger charge is 2.29. The summed E-state index contributed by atoms with van der Waals surface area (Å²) in [4.78, 5) is 12.1. The van der Waals surface area contributed by atoms with Crippen LogP contribution in [0.2, 0.25) is 0 Å². The van der Waals surface area contributed by atoms with Crippen LogP contribution in [0.25, 0.3) is 0 Å². The SMILES string of the molecule is O=C(Nc1nnc(C2CCCCC2)o1)c1ccc(SC(F)(F)F)cc1. The van der Waals surface area contributed by atoms with Crippen LogP contribution in [0, 0.1) is 0 Å². The summed E-state index contributed by atoms with van der Waals surface area (Å²) in [6.45, 7) is 0. The molecule has 0 aliphatic heterocycles. The van der Waals surface area contributed by atoms with Gasteiger partial charge < -0.3 is 4.42 Å². The van der Waals surface area contributed by atoms with E-state index in [1.54, 1.807) is 0 Å². The molecule has 0 spiro atoms. The highest BCUT2D eigenvalue weighted by molar-refractivity contribution is 8.00. The molecule has 0 unspecified atom stereocenters. The molecule has 5 nitrogen and oxygen atoms in total. The van der Waals surface area contributed by atoms with Crippen molar-refractivity contribution in [2.45, 2.75) is 48.4 Å². The van der Waals surface area contributed by atoms with Crippen molar-refractivity contribution in [2.75, 3.05) is 5.32 Å². The molecule has 1 amide bonds. The van der Waals surface area contributed by atoms with Gasteiger partial charge in [-0.25, -0.2) is 0 Å². The summed E-state index contributed by atoms with van der Waals surface area (Å²) in [5.74, 6) is 0.236. The number of aromatic nitrogens is 2. The monoisotopic (exact) mass is 371 g/mol. The predicted molar refractivity (Wildman–Crippen MR) is 86.4 cm³/mol. The molecule has 0 bridgehead atoms. The summed E-state index contributed by atoms with van der Waals surface area (Å²) >= 11 is -0.228. The molecule has 0 atom stereocenters. The number of amides is 1. The number of alkyl halides is 3. The Bertz CT molecular complexity index is 725. The average molecular weight is 371 g/mol. The van der Waals surface area contributed by atoms with Crippen molar-refractivity contribution >= 4 is 23.7 Å². The number of rotatable bonds is 4. The second-order valence-electron chi connectivity index (χ2n) is 5.81. The standard InChI is InChI=1S/C16H16F3N3O2S/c17-16(18,19)25-12-8-6-10(7-9-12)13(23)20-15-22-21-14(24-15)11-4-2-1-3-5-11/h6-9,11H,1-5H2,(H,20,22,23). The van der Waals surface area contributed by atoms with Gasteiger partial charge in [-0.15, -0.1) is 5.10 Å². The number of carbonyl (C=O) groups excluding carboxylic acids is 1. The topological polar surface area (TPSA) is 68.0 Å². The fraction of sp³-hybridized carbons (Fsp3) is 0.438. The Morgan fingerprint density at radius 1 is 1.12 bits per heavy atom. The highest BCUT2D eigenvalue weighted by atomic mass is 32.2. The maximum absolute atomic E-state index is 12.3. The van der Waals surface area contributed by atoms with E-state index in [2.05, 4.69) is 15.5 Å². The van der Waals surface area contributed by atoms with Crippen molar-refractivity contribution in [1.29, 1.82) is 0 Å². The van der Waals surface area contributed by atoms with E-state index < -0.39 is 11.4 Å². The zero-order chi connectivity index (χ0) is 17.9. The molecule has 9 heteroatoms. The number of nitrogens with zero attached hydrogens (tertiary/aromatic N) is 2. The third-order valence-corrected chi connectivity index (χ3v) is 4.70. The molecule has 1 aromatic heterocycles. The van der Waals surface area contributed by atoms with Crippen LogP contribution >= 0.6 is 11.8 Å². The molecule has 1 N–H and O–H groups in total. The van der Waals surface area contributed by atoms with Gasteiger partial charge in [0.2, 0.25) is 5.89 Å². The lowest BCUT2D eigenvalue weighted by Gasteiger charge is -2.17. The number of nitrogens with one attached hydrogen (secondary N) is 1. The number of hydrogen-bond donors (Lipinski definition) is 1. The zero-order valence-electron chi connectivity index (χ0n) is 13.2. The van der Waals surface area contributed by atoms with Gasteiger partial charge in [-0.1, -0.05) is 24.4 Å². The van der Waals surface area contributed by atoms with E-state index >= 15 is 0 Å². The molecule has 3 rings (SSSR count). The Labute approximate surface area is 146 Å². The van der Waals surface area contributed by atoms with Gasteiger partial charge in [-0.3, -0.25) is 10.1 Å². The van der Waals surface area contributed by atoms with Crippen LogP contribution in [-0.4, -0.2) is 21.6 Å². The number of carbonyl (C=O) groups is 1. The zero-order valence-corrected chi connectivity index (χ0v) is 14.0. The van der Waals surface area contributed by atoms with E-state index in [4.69, 9.17) is 4.42 Å². The molecule has 1 aliphatic rings. The predicted octanol–water partition coefficient (Wildman–Crippen LogP) is 4.98. The third kappa shape index (κ3) is 4.97. The first-order valence-corrected chi connectivity index (χ1v) is 8.73. The summed E-state index contributed by atoms with van der Waals surface area (Å²) in [7, 11) is 0. The summed E-state index contributed by atoms with van der Waals surface area (Å²) in [5, 5.41) is 10.3. The van der Waals surface area contributed by atoms with Gasteiger partial charge in [-0.2, -0.15) is 13.2 Å². The molecule has 25 heavy (non-hydrogen) atoms. The summed E-state index contributed by atoms with van der Waals surface area (Å²) in [5.41, 5.74) is -4.15. The highest BCUT2D eigenvalue weighted by Crippen LogP contribution is 2.36. The van der Waals surface area contributed by atoms with Crippen molar-refractivity contribution in [3.05, 3.63) is 35.7 Å². The largest absolute Gasteiger partial charge is 0.446 e. The van der Waals surface area contributed by atoms with Gasteiger partial charge in [-0.05, 0) is 48.9 Å². The van der Waals surface area contributed by atoms with E-state index in [1.807, 2.05) is 0 Å². The van der Waals surface area contributed by atoms with Crippen LogP contribution in [-0.2, 0) is 0 Å². The molecule has 0 radical (unpaired) electrons. The van der Waals surface area contributed by atoms with Gasteiger partial charge in [0.15, 0.2) is 0 Å². The van der Waals surface area contributed by atoms with E-state index in [9.17, 15) is 18.0 Å². The Morgan fingerprint density at radius 3 is 2.44 bits per heavy atom. The van der Waals surface area contributed by atoms with Crippen molar-refractivity contribution in [2.24, 2.45) is 0 Å². The van der Waals surface area contributed by atoms with Gasteiger partial charge in [0.05, 0.1) is 0 Å². The lowest BCUT2D eigenvalue weighted by atomic mass is 9.89. The van der Waals surface area contributed by atoms with Crippen molar-refractivity contribution in [3.8, 4) is 0 Å². The second kappa shape index (κ2) is 7.47. The van der Waals surface area contributed by atoms with Crippen LogP contribution < -0.4 is 5.32 Å². The first-order valence-electron chi connectivity index (χ1n) is 7.91. The molecule has 0 saturated heterocycles. The molecular formula is C16H16F3N3O2S. The van der Waals surface area contributed by atoms with Crippen LogP contribution in [0.1, 0.15) is 54.3 Å². The molecule has 1 fully saturated rings. The van der Waals surface area contributed by atoms with Crippen molar-refractivity contribution < 1.29 is 22.4 Å². The smallest absolute Gasteiger partial charge is 0.408 e. The minimum Gasteiger partial charge on any atom is -0.408 e. The van der Waals surface area contributed by atoms with Gasteiger partial charge in [0.25, 0.3) is 5.91 Å². The number of benzene rings is 1. The molecular weight excluding hydrogens is 355 g/mol. The Kier molecular flexibility index (Phi) is 5.31. The molecule has 1 saturated carbocycles. The lowest BCUT2D eigenvalue weighted by Crippen LogP contribution is -2.12. The van der Waals surface area contributed by atoms with E-state index in [-0.39, 0.29) is 34.2 Å². The Hall–Kier alpha value is -2.03. The van der Waals surface area contributed by atoms with Crippen LogP contribution in [0.15, 0.2) is 33.6 Å². The number of hydrogen-bond acceptors (Lipinski definition) is 5. The minimum atomic E-state index is -4.36. The Balaban J connectivity index is 1.61. The summed E-state index contributed by atoms with van der Waals surface area (Å²) < 4.78 is 42.4. The molecule has 1 aliphatic carbocycles.